The van der Waals surface area contributed by atoms with E-state index in [9.17, 15) is 14.7 Å². The van der Waals surface area contributed by atoms with E-state index in [4.69, 9.17) is 4.74 Å². The van der Waals surface area contributed by atoms with Gasteiger partial charge >= 0.3 is 5.97 Å². The summed E-state index contributed by atoms with van der Waals surface area (Å²) < 4.78 is 5.29. The quantitative estimate of drug-likeness (QED) is 0.812. The highest BCUT2D eigenvalue weighted by atomic mass is 16.5. The molecule has 1 saturated heterocycles. The summed E-state index contributed by atoms with van der Waals surface area (Å²) in [5.74, 6) is -0.929. The molecular weight excluding hydrogens is 246 g/mol. The smallest absolute Gasteiger partial charge is 0.311 e. The predicted molar refractivity (Wildman–Crippen MR) is 69.7 cm³/mol. The van der Waals surface area contributed by atoms with E-state index in [1.165, 1.54) is 0 Å². The summed E-state index contributed by atoms with van der Waals surface area (Å²) in [4.78, 5) is 23.5. The third-order valence-electron chi connectivity index (χ3n) is 4.40. The second-order valence-corrected chi connectivity index (χ2v) is 5.78. The lowest BCUT2D eigenvalue weighted by atomic mass is 9.74. The summed E-state index contributed by atoms with van der Waals surface area (Å²) in [6.07, 6.45) is 6.06. The third-order valence-corrected chi connectivity index (χ3v) is 4.40. The van der Waals surface area contributed by atoms with Crippen molar-refractivity contribution in [2.45, 2.75) is 44.9 Å². The first-order valence-corrected chi connectivity index (χ1v) is 7.23. The Morgan fingerprint density at radius 1 is 1.21 bits per heavy atom. The van der Waals surface area contributed by atoms with Crippen molar-refractivity contribution in [2.24, 2.45) is 11.3 Å². The second kappa shape index (κ2) is 6.37. The first-order valence-electron chi connectivity index (χ1n) is 7.23. The van der Waals surface area contributed by atoms with Crippen LogP contribution in [-0.2, 0) is 14.3 Å². The van der Waals surface area contributed by atoms with E-state index in [-0.39, 0.29) is 18.4 Å². The van der Waals surface area contributed by atoms with Gasteiger partial charge in [-0.1, -0.05) is 19.3 Å². The number of rotatable bonds is 4. The van der Waals surface area contributed by atoms with Crippen LogP contribution in [0.2, 0.25) is 0 Å². The molecule has 5 nitrogen and oxygen atoms in total. The molecule has 2 N–H and O–H groups in total. The van der Waals surface area contributed by atoms with Crippen molar-refractivity contribution in [3.05, 3.63) is 0 Å². The number of carbonyl (C=O) groups excluding carboxylic acids is 1. The summed E-state index contributed by atoms with van der Waals surface area (Å²) >= 11 is 0. The molecule has 1 amide bonds. The van der Waals surface area contributed by atoms with E-state index in [0.717, 1.165) is 38.7 Å². The maximum absolute atomic E-state index is 12.0. The molecule has 1 aliphatic heterocycles. The highest BCUT2D eigenvalue weighted by molar-refractivity contribution is 5.81. The highest BCUT2D eigenvalue weighted by Crippen LogP contribution is 2.36. The van der Waals surface area contributed by atoms with Gasteiger partial charge in [0, 0.05) is 13.2 Å². The largest absolute Gasteiger partial charge is 0.481 e. The first-order chi connectivity index (χ1) is 9.14. The van der Waals surface area contributed by atoms with Crippen LogP contribution in [0, 0.1) is 11.3 Å². The van der Waals surface area contributed by atoms with Crippen molar-refractivity contribution in [2.75, 3.05) is 19.8 Å². The zero-order valence-electron chi connectivity index (χ0n) is 11.3. The number of amides is 1. The summed E-state index contributed by atoms with van der Waals surface area (Å²) in [5.41, 5.74) is -0.747. The maximum atomic E-state index is 12.0. The molecule has 2 fully saturated rings. The van der Waals surface area contributed by atoms with Gasteiger partial charge < -0.3 is 15.2 Å². The summed E-state index contributed by atoms with van der Waals surface area (Å²) in [5, 5.41) is 12.3. The van der Waals surface area contributed by atoms with Crippen LogP contribution in [0.4, 0.5) is 0 Å². The van der Waals surface area contributed by atoms with Crippen LogP contribution in [0.3, 0.4) is 0 Å². The number of carboxylic acids is 1. The highest BCUT2D eigenvalue weighted by Gasteiger charge is 2.40. The summed E-state index contributed by atoms with van der Waals surface area (Å²) in [7, 11) is 0. The Kier molecular flexibility index (Phi) is 4.80. The monoisotopic (exact) mass is 269 g/mol. The van der Waals surface area contributed by atoms with Crippen molar-refractivity contribution in [3.8, 4) is 0 Å². The van der Waals surface area contributed by atoms with Crippen molar-refractivity contribution >= 4 is 11.9 Å². The normalized spacial score (nSPS) is 26.6. The Morgan fingerprint density at radius 2 is 1.95 bits per heavy atom. The summed E-state index contributed by atoms with van der Waals surface area (Å²) in [6.45, 7) is 1.45. The lowest BCUT2D eigenvalue weighted by molar-refractivity contribution is -0.151. The number of carbonyl (C=O) groups is 2. The molecule has 1 atom stereocenters. The fourth-order valence-corrected chi connectivity index (χ4v) is 3.04. The number of nitrogens with one attached hydrogen (secondary N) is 1. The van der Waals surface area contributed by atoms with Gasteiger partial charge in [0.2, 0.25) is 5.91 Å². The number of hydrogen-bond acceptors (Lipinski definition) is 3. The van der Waals surface area contributed by atoms with E-state index in [1.807, 2.05) is 0 Å². The van der Waals surface area contributed by atoms with Crippen LogP contribution in [0.1, 0.15) is 44.9 Å². The van der Waals surface area contributed by atoms with Crippen LogP contribution in [0.5, 0.6) is 0 Å². The lowest BCUT2D eigenvalue weighted by Gasteiger charge is -2.34. The van der Waals surface area contributed by atoms with Gasteiger partial charge in [0.1, 0.15) is 0 Å². The average molecular weight is 269 g/mol. The van der Waals surface area contributed by atoms with Gasteiger partial charge in [-0.25, -0.2) is 0 Å². The Bertz CT molecular complexity index is 330. The molecule has 1 saturated carbocycles. The van der Waals surface area contributed by atoms with Gasteiger partial charge in [0.25, 0.3) is 0 Å². The van der Waals surface area contributed by atoms with E-state index in [0.29, 0.717) is 19.4 Å². The van der Waals surface area contributed by atoms with Gasteiger partial charge in [-0.3, -0.25) is 9.59 Å². The van der Waals surface area contributed by atoms with E-state index >= 15 is 0 Å². The molecule has 1 heterocycles. The van der Waals surface area contributed by atoms with Gasteiger partial charge in [-0.2, -0.15) is 0 Å². The van der Waals surface area contributed by atoms with Gasteiger partial charge in [0.05, 0.1) is 17.9 Å². The predicted octanol–water partition coefficient (Wildman–Crippen LogP) is 1.56. The molecule has 19 heavy (non-hydrogen) atoms. The molecule has 0 radical (unpaired) electrons. The van der Waals surface area contributed by atoms with Crippen molar-refractivity contribution in [1.82, 2.24) is 5.32 Å². The van der Waals surface area contributed by atoms with Crippen LogP contribution in [0.15, 0.2) is 0 Å². The Labute approximate surface area is 113 Å². The molecule has 0 aromatic heterocycles. The maximum Gasteiger partial charge on any atom is 0.311 e. The Morgan fingerprint density at radius 3 is 2.53 bits per heavy atom. The average Bonchev–Trinajstić information content (AvgIpc) is 2.46. The van der Waals surface area contributed by atoms with Crippen LogP contribution < -0.4 is 5.32 Å². The molecule has 5 heteroatoms. The van der Waals surface area contributed by atoms with Crippen molar-refractivity contribution in [3.63, 3.8) is 0 Å². The molecule has 0 aromatic carbocycles. The molecule has 108 valence electrons. The van der Waals surface area contributed by atoms with E-state index in [2.05, 4.69) is 5.32 Å². The van der Waals surface area contributed by atoms with E-state index < -0.39 is 11.4 Å². The first kappa shape index (κ1) is 14.3. The molecule has 2 aliphatic rings. The molecule has 0 aromatic rings. The molecule has 2 rings (SSSR count). The van der Waals surface area contributed by atoms with Gasteiger partial charge in [-0.15, -0.1) is 0 Å². The van der Waals surface area contributed by atoms with Crippen LogP contribution in [0.25, 0.3) is 0 Å². The van der Waals surface area contributed by atoms with Crippen LogP contribution in [-0.4, -0.2) is 36.7 Å². The third kappa shape index (κ3) is 3.47. The fraction of sp³-hybridized carbons (Fsp3) is 0.857. The molecular formula is C14H23NO4. The topological polar surface area (TPSA) is 75.6 Å². The number of carboxylic acid groups (broad SMARTS) is 1. The second-order valence-electron chi connectivity index (χ2n) is 5.78. The molecule has 0 bridgehead atoms. The Hall–Kier alpha value is -1.10. The molecule has 1 unspecified atom stereocenters. The SMILES string of the molecule is O=C(NCC1(C(=O)O)CCCCC1)C1CCCOC1. The minimum atomic E-state index is -0.771. The van der Waals surface area contributed by atoms with Gasteiger partial charge in [-0.05, 0) is 25.7 Å². The molecule has 1 aliphatic carbocycles. The molecule has 0 spiro atoms. The number of hydrogen-bond donors (Lipinski definition) is 2. The number of aliphatic carboxylic acids is 1. The zero-order valence-corrected chi connectivity index (χ0v) is 11.3. The van der Waals surface area contributed by atoms with Crippen molar-refractivity contribution < 1.29 is 19.4 Å². The minimum absolute atomic E-state index is 0.0501. The summed E-state index contributed by atoms with van der Waals surface area (Å²) in [6, 6.07) is 0. The van der Waals surface area contributed by atoms with Gasteiger partial charge in [0.15, 0.2) is 0 Å². The standard InChI is InChI=1S/C14H23NO4/c16-12(11-5-4-8-19-9-11)15-10-14(13(17)18)6-2-1-3-7-14/h11H,1-10H2,(H,15,16)(H,17,18). The van der Waals surface area contributed by atoms with Crippen LogP contribution >= 0.6 is 0 Å². The zero-order chi connectivity index (χ0) is 13.7. The lowest BCUT2D eigenvalue weighted by Crippen LogP contribution is -2.46. The van der Waals surface area contributed by atoms with E-state index in [1.54, 1.807) is 0 Å². The number of ether oxygens (including phenoxy) is 1. The Balaban J connectivity index is 1.87. The van der Waals surface area contributed by atoms with Crippen molar-refractivity contribution in [1.29, 1.82) is 0 Å². The minimum Gasteiger partial charge on any atom is -0.481 e. The fourth-order valence-electron chi connectivity index (χ4n) is 3.04.